The number of benzene rings is 1. The Labute approximate surface area is 104 Å². The minimum atomic E-state index is -0.0832. The van der Waals surface area contributed by atoms with Gasteiger partial charge >= 0.3 is 0 Å². The fraction of sp³-hybridized carbons (Fsp3) is 0.417. The Bertz CT molecular complexity index is 379. The van der Waals surface area contributed by atoms with Crippen molar-refractivity contribution in [1.82, 2.24) is 5.32 Å². The second kappa shape index (κ2) is 6.01. The number of carbonyl (C=O) groups excluding carboxylic acids is 1. The molecule has 0 fully saturated rings. The number of aryl methyl sites for hydroxylation is 1. The summed E-state index contributed by atoms with van der Waals surface area (Å²) in [4.78, 5) is 11.9. The number of rotatable bonds is 4. The first-order valence-corrected chi connectivity index (χ1v) is 5.90. The molecule has 3 nitrogen and oxygen atoms in total. The smallest absolute Gasteiger partial charge is 0.252 e. The van der Waals surface area contributed by atoms with E-state index in [1.165, 1.54) is 0 Å². The lowest BCUT2D eigenvalue weighted by Crippen LogP contribution is -2.35. The number of hydrogen-bond acceptors (Lipinski definition) is 2. The molecule has 16 heavy (non-hydrogen) atoms. The van der Waals surface area contributed by atoms with E-state index in [4.69, 9.17) is 4.74 Å². The van der Waals surface area contributed by atoms with E-state index in [0.29, 0.717) is 12.2 Å². The minimum absolute atomic E-state index is 0.00455. The normalized spacial score (nSPS) is 12.2. The van der Waals surface area contributed by atoms with Gasteiger partial charge in [-0.3, -0.25) is 4.79 Å². The monoisotopic (exact) mass is 285 g/mol. The lowest BCUT2D eigenvalue weighted by Gasteiger charge is -2.14. The molecule has 1 rings (SSSR count). The maximum atomic E-state index is 11.9. The van der Waals surface area contributed by atoms with E-state index in [2.05, 4.69) is 21.2 Å². The minimum Gasteiger partial charge on any atom is -0.383 e. The van der Waals surface area contributed by atoms with Crippen LogP contribution in [0, 0.1) is 6.92 Å². The summed E-state index contributed by atoms with van der Waals surface area (Å²) < 4.78 is 5.81. The van der Waals surface area contributed by atoms with Gasteiger partial charge in [0.2, 0.25) is 0 Å². The van der Waals surface area contributed by atoms with Gasteiger partial charge in [0.05, 0.1) is 12.2 Å². The third-order valence-electron chi connectivity index (χ3n) is 2.23. The van der Waals surface area contributed by atoms with Gasteiger partial charge in [0.15, 0.2) is 0 Å². The molecule has 0 saturated heterocycles. The van der Waals surface area contributed by atoms with Crippen molar-refractivity contribution in [3.8, 4) is 0 Å². The average molecular weight is 286 g/mol. The van der Waals surface area contributed by atoms with Crippen LogP contribution in [0.3, 0.4) is 0 Å². The maximum Gasteiger partial charge on any atom is 0.252 e. The quantitative estimate of drug-likeness (QED) is 0.923. The van der Waals surface area contributed by atoms with E-state index in [0.717, 1.165) is 10.0 Å². The molecule has 0 aliphatic carbocycles. The molecule has 88 valence electrons. The summed E-state index contributed by atoms with van der Waals surface area (Å²) in [5.74, 6) is -0.0832. The molecule has 1 N–H and O–H groups in total. The van der Waals surface area contributed by atoms with Gasteiger partial charge in [-0.1, -0.05) is 12.1 Å². The molecule has 0 aliphatic rings. The summed E-state index contributed by atoms with van der Waals surface area (Å²) in [5, 5.41) is 2.87. The van der Waals surface area contributed by atoms with Gasteiger partial charge in [-0.15, -0.1) is 0 Å². The highest BCUT2D eigenvalue weighted by Crippen LogP contribution is 2.20. The molecule has 1 aromatic rings. The van der Waals surface area contributed by atoms with E-state index in [-0.39, 0.29) is 11.9 Å². The highest BCUT2D eigenvalue weighted by Gasteiger charge is 2.13. The zero-order valence-electron chi connectivity index (χ0n) is 9.71. The van der Waals surface area contributed by atoms with E-state index < -0.39 is 0 Å². The predicted octanol–water partition coefficient (Wildman–Crippen LogP) is 2.52. The van der Waals surface area contributed by atoms with Crippen molar-refractivity contribution in [2.75, 3.05) is 13.7 Å². The molecule has 1 aromatic carbocycles. The van der Waals surface area contributed by atoms with Crippen LogP contribution in [-0.4, -0.2) is 25.7 Å². The third kappa shape index (κ3) is 3.32. The molecule has 0 saturated carbocycles. The zero-order chi connectivity index (χ0) is 12.1. The topological polar surface area (TPSA) is 38.3 Å². The first-order chi connectivity index (χ1) is 7.56. The van der Waals surface area contributed by atoms with Crippen molar-refractivity contribution >= 4 is 21.8 Å². The Kier molecular flexibility index (Phi) is 4.96. The number of hydrogen-bond donors (Lipinski definition) is 1. The van der Waals surface area contributed by atoms with Gasteiger partial charge in [0.1, 0.15) is 0 Å². The Balaban J connectivity index is 2.77. The van der Waals surface area contributed by atoms with Crippen LogP contribution in [0.25, 0.3) is 0 Å². The van der Waals surface area contributed by atoms with Gasteiger partial charge in [-0.2, -0.15) is 0 Å². The second-order valence-electron chi connectivity index (χ2n) is 3.77. The number of methoxy groups -OCH3 is 1. The molecule has 0 radical (unpaired) electrons. The van der Waals surface area contributed by atoms with Gasteiger partial charge in [-0.25, -0.2) is 0 Å². The van der Waals surface area contributed by atoms with Crippen LogP contribution in [0.1, 0.15) is 22.8 Å². The molecule has 0 bridgehead atoms. The second-order valence-corrected chi connectivity index (χ2v) is 4.56. The molecule has 0 aliphatic heterocycles. The standard InChI is InChI=1S/C12H16BrNO2/c1-8-5-4-6-10(11(8)13)12(15)14-9(2)7-16-3/h4-6,9H,7H2,1-3H3,(H,14,15). The largest absolute Gasteiger partial charge is 0.383 e. The fourth-order valence-corrected chi connectivity index (χ4v) is 1.86. The Hall–Kier alpha value is -0.870. The third-order valence-corrected chi connectivity index (χ3v) is 3.28. The van der Waals surface area contributed by atoms with Crippen LogP contribution in [0.4, 0.5) is 0 Å². The van der Waals surface area contributed by atoms with E-state index in [1.54, 1.807) is 13.2 Å². The van der Waals surface area contributed by atoms with Crippen molar-refractivity contribution in [2.24, 2.45) is 0 Å². The van der Waals surface area contributed by atoms with Crippen molar-refractivity contribution in [3.05, 3.63) is 33.8 Å². The van der Waals surface area contributed by atoms with Crippen LogP contribution >= 0.6 is 15.9 Å². The summed E-state index contributed by atoms with van der Waals surface area (Å²) in [7, 11) is 1.62. The summed E-state index contributed by atoms with van der Waals surface area (Å²) in [6.45, 7) is 4.37. The van der Waals surface area contributed by atoms with Crippen LogP contribution in [0.5, 0.6) is 0 Å². The summed E-state index contributed by atoms with van der Waals surface area (Å²) in [6, 6.07) is 5.63. The molecule has 0 aromatic heterocycles. The summed E-state index contributed by atoms with van der Waals surface area (Å²) in [6.07, 6.45) is 0. The molecule has 1 atom stereocenters. The summed E-state index contributed by atoms with van der Waals surface area (Å²) >= 11 is 3.42. The number of amides is 1. The lowest BCUT2D eigenvalue weighted by atomic mass is 10.1. The van der Waals surface area contributed by atoms with Gasteiger partial charge in [0, 0.05) is 17.6 Å². The van der Waals surface area contributed by atoms with Gasteiger partial charge in [0.25, 0.3) is 5.91 Å². The van der Waals surface area contributed by atoms with Crippen molar-refractivity contribution < 1.29 is 9.53 Å². The van der Waals surface area contributed by atoms with Crippen LogP contribution in [-0.2, 0) is 4.74 Å². The number of halogens is 1. The summed E-state index contributed by atoms with van der Waals surface area (Å²) in [5.41, 5.74) is 1.70. The Morgan fingerprint density at radius 1 is 1.56 bits per heavy atom. The first-order valence-electron chi connectivity index (χ1n) is 5.11. The zero-order valence-corrected chi connectivity index (χ0v) is 11.3. The molecule has 1 amide bonds. The molecule has 4 heteroatoms. The highest BCUT2D eigenvalue weighted by atomic mass is 79.9. The Morgan fingerprint density at radius 2 is 2.25 bits per heavy atom. The van der Waals surface area contributed by atoms with Crippen LogP contribution in [0.15, 0.2) is 22.7 Å². The van der Waals surface area contributed by atoms with Gasteiger partial charge < -0.3 is 10.1 Å². The van der Waals surface area contributed by atoms with Crippen LogP contribution in [0.2, 0.25) is 0 Å². The number of ether oxygens (including phenoxy) is 1. The number of nitrogens with one attached hydrogen (secondary N) is 1. The average Bonchev–Trinajstić information content (AvgIpc) is 2.22. The van der Waals surface area contributed by atoms with Gasteiger partial charge in [-0.05, 0) is 41.4 Å². The molecular formula is C12H16BrNO2. The fourth-order valence-electron chi connectivity index (χ4n) is 1.42. The maximum absolute atomic E-state index is 11.9. The van der Waals surface area contributed by atoms with Crippen LogP contribution < -0.4 is 5.32 Å². The van der Waals surface area contributed by atoms with Crippen molar-refractivity contribution in [3.63, 3.8) is 0 Å². The van der Waals surface area contributed by atoms with E-state index in [9.17, 15) is 4.79 Å². The Morgan fingerprint density at radius 3 is 2.88 bits per heavy atom. The first kappa shape index (κ1) is 13.2. The van der Waals surface area contributed by atoms with Crippen molar-refractivity contribution in [1.29, 1.82) is 0 Å². The van der Waals surface area contributed by atoms with E-state index >= 15 is 0 Å². The molecule has 1 unspecified atom stereocenters. The van der Waals surface area contributed by atoms with Crippen molar-refractivity contribution in [2.45, 2.75) is 19.9 Å². The SMILES string of the molecule is COCC(C)NC(=O)c1cccc(C)c1Br. The lowest BCUT2D eigenvalue weighted by molar-refractivity contribution is 0.0904. The van der Waals surface area contributed by atoms with E-state index in [1.807, 2.05) is 26.0 Å². The number of carbonyl (C=O) groups is 1. The molecular weight excluding hydrogens is 270 g/mol. The highest BCUT2D eigenvalue weighted by molar-refractivity contribution is 9.10. The molecule has 0 heterocycles. The predicted molar refractivity (Wildman–Crippen MR) is 67.7 cm³/mol. The molecule has 0 spiro atoms.